The highest BCUT2D eigenvalue weighted by atomic mass is 35.5. The maximum absolute atomic E-state index is 6.36. The van der Waals surface area contributed by atoms with E-state index in [2.05, 4.69) is 11.4 Å². The number of aryl methyl sites for hydroxylation is 1. The van der Waals surface area contributed by atoms with Crippen LogP contribution in [0.15, 0.2) is 12.1 Å². The van der Waals surface area contributed by atoms with Crippen molar-refractivity contribution in [2.75, 3.05) is 13.7 Å². The van der Waals surface area contributed by atoms with Crippen LogP contribution >= 0.6 is 11.6 Å². The number of halogens is 1. The van der Waals surface area contributed by atoms with Crippen LogP contribution in [0.25, 0.3) is 0 Å². The molecular weight excluding hydrogens is 222 g/mol. The first kappa shape index (κ1) is 11.7. The van der Waals surface area contributed by atoms with E-state index in [0.717, 1.165) is 29.3 Å². The molecule has 0 aromatic heterocycles. The van der Waals surface area contributed by atoms with E-state index >= 15 is 0 Å². The molecule has 2 rings (SSSR count). The predicted molar refractivity (Wildman–Crippen MR) is 67.3 cm³/mol. The number of nitrogens with one attached hydrogen (secondary N) is 1. The minimum absolute atomic E-state index is 0.384. The Morgan fingerprint density at radius 3 is 2.81 bits per heavy atom. The van der Waals surface area contributed by atoms with Crippen LogP contribution in [-0.4, -0.2) is 13.7 Å². The highest BCUT2D eigenvalue weighted by Gasteiger charge is 2.19. The Kier molecular flexibility index (Phi) is 3.72. The van der Waals surface area contributed by atoms with Crippen LogP contribution in [0.2, 0.25) is 5.02 Å². The lowest BCUT2D eigenvalue weighted by Gasteiger charge is -2.25. The van der Waals surface area contributed by atoms with Crippen molar-refractivity contribution in [2.45, 2.75) is 32.2 Å². The van der Waals surface area contributed by atoms with E-state index < -0.39 is 0 Å². The molecule has 1 unspecified atom stereocenters. The molecule has 0 aliphatic carbocycles. The molecule has 1 heterocycles. The standard InChI is InChI=1S/C13H18ClNO/c1-9-7-10(16-2)8-11(13(9)14)12-5-3-4-6-15-12/h7-8,12,15H,3-6H2,1-2H3. The van der Waals surface area contributed by atoms with Gasteiger partial charge in [-0.15, -0.1) is 0 Å². The van der Waals surface area contributed by atoms with Crippen molar-refractivity contribution in [3.8, 4) is 5.75 Å². The fourth-order valence-electron chi connectivity index (χ4n) is 2.25. The second-order valence-corrected chi connectivity index (χ2v) is 4.73. The molecule has 0 spiro atoms. The molecule has 16 heavy (non-hydrogen) atoms. The third-order valence-electron chi connectivity index (χ3n) is 3.18. The van der Waals surface area contributed by atoms with E-state index in [0.29, 0.717) is 6.04 Å². The van der Waals surface area contributed by atoms with Gasteiger partial charge in [0.05, 0.1) is 7.11 Å². The number of benzene rings is 1. The fourth-order valence-corrected chi connectivity index (χ4v) is 2.49. The Morgan fingerprint density at radius 2 is 2.19 bits per heavy atom. The van der Waals surface area contributed by atoms with E-state index in [1.165, 1.54) is 18.4 Å². The van der Waals surface area contributed by atoms with Gasteiger partial charge in [0.25, 0.3) is 0 Å². The molecule has 2 nitrogen and oxygen atoms in total. The van der Waals surface area contributed by atoms with E-state index in [1.54, 1.807) is 7.11 Å². The monoisotopic (exact) mass is 239 g/mol. The molecular formula is C13H18ClNO. The highest BCUT2D eigenvalue weighted by Crippen LogP contribution is 2.34. The first-order chi connectivity index (χ1) is 7.72. The van der Waals surface area contributed by atoms with E-state index in [9.17, 15) is 0 Å². The zero-order chi connectivity index (χ0) is 11.5. The molecule has 1 aromatic carbocycles. The Morgan fingerprint density at radius 1 is 1.38 bits per heavy atom. The first-order valence-electron chi connectivity index (χ1n) is 5.80. The lowest BCUT2D eigenvalue weighted by atomic mass is 9.96. The summed E-state index contributed by atoms with van der Waals surface area (Å²) in [5.74, 6) is 0.893. The molecule has 0 radical (unpaired) electrons. The average Bonchev–Trinajstić information content (AvgIpc) is 2.33. The minimum Gasteiger partial charge on any atom is -0.497 e. The van der Waals surface area contributed by atoms with E-state index in [-0.39, 0.29) is 0 Å². The van der Waals surface area contributed by atoms with Gasteiger partial charge >= 0.3 is 0 Å². The second kappa shape index (κ2) is 5.07. The number of hydrogen-bond donors (Lipinski definition) is 1. The minimum atomic E-state index is 0.384. The summed E-state index contributed by atoms with van der Waals surface area (Å²) in [6, 6.07) is 4.42. The molecule has 1 saturated heterocycles. The fraction of sp³-hybridized carbons (Fsp3) is 0.538. The molecule has 0 amide bonds. The molecule has 3 heteroatoms. The quantitative estimate of drug-likeness (QED) is 0.853. The molecule has 0 bridgehead atoms. The lowest BCUT2D eigenvalue weighted by Crippen LogP contribution is -2.27. The number of hydrogen-bond acceptors (Lipinski definition) is 2. The van der Waals surface area contributed by atoms with Gasteiger partial charge < -0.3 is 10.1 Å². The molecule has 1 aliphatic heterocycles. The van der Waals surface area contributed by atoms with Crippen LogP contribution in [0.1, 0.15) is 36.4 Å². The summed E-state index contributed by atoms with van der Waals surface area (Å²) < 4.78 is 5.30. The molecule has 88 valence electrons. The van der Waals surface area contributed by atoms with Gasteiger partial charge in [-0.2, -0.15) is 0 Å². The maximum atomic E-state index is 6.36. The Bertz CT molecular complexity index is 372. The summed E-state index contributed by atoms with van der Waals surface area (Å²) in [7, 11) is 1.70. The molecule has 1 atom stereocenters. The van der Waals surface area contributed by atoms with Gasteiger partial charge in [0.1, 0.15) is 5.75 Å². The first-order valence-corrected chi connectivity index (χ1v) is 6.17. The van der Waals surface area contributed by atoms with Crippen molar-refractivity contribution in [1.82, 2.24) is 5.32 Å². The van der Waals surface area contributed by atoms with Gasteiger partial charge in [-0.25, -0.2) is 0 Å². The summed E-state index contributed by atoms with van der Waals surface area (Å²) in [6.45, 7) is 3.11. The van der Waals surface area contributed by atoms with Crippen molar-refractivity contribution in [3.05, 3.63) is 28.3 Å². The zero-order valence-corrected chi connectivity index (χ0v) is 10.6. The third-order valence-corrected chi connectivity index (χ3v) is 3.69. The van der Waals surface area contributed by atoms with Crippen molar-refractivity contribution < 1.29 is 4.74 Å². The summed E-state index contributed by atoms with van der Waals surface area (Å²) in [5.41, 5.74) is 2.27. The van der Waals surface area contributed by atoms with Gasteiger partial charge in [-0.3, -0.25) is 0 Å². The molecule has 0 saturated carbocycles. The number of methoxy groups -OCH3 is 1. The topological polar surface area (TPSA) is 21.3 Å². The Hall–Kier alpha value is -0.730. The number of rotatable bonds is 2. The van der Waals surface area contributed by atoms with Crippen molar-refractivity contribution >= 4 is 11.6 Å². The van der Waals surface area contributed by atoms with Crippen molar-refractivity contribution in [1.29, 1.82) is 0 Å². The highest BCUT2D eigenvalue weighted by molar-refractivity contribution is 6.32. The van der Waals surface area contributed by atoms with Crippen LogP contribution in [0.5, 0.6) is 5.75 Å². The normalized spacial score (nSPS) is 20.8. The van der Waals surface area contributed by atoms with Crippen molar-refractivity contribution in [3.63, 3.8) is 0 Å². The van der Waals surface area contributed by atoms with Gasteiger partial charge in [-0.1, -0.05) is 18.0 Å². The Balaban J connectivity index is 2.33. The summed E-state index contributed by atoms with van der Waals surface area (Å²) >= 11 is 6.36. The molecule has 1 aliphatic rings. The van der Waals surface area contributed by atoms with Crippen LogP contribution in [0.3, 0.4) is 0 Å². The molecule has 1 aromatic rings. The third kappa shape index (κ3) is 2.33. The smallest absolute Gasteiger partial charge is 0.119 e. The predicted octanol–water partition coefficient (Wildman–Crippen LogP) is 3.47. The largest absolute Gasteiger partial charge is 0.497 e. The van der Waals surface area contributed by atoms with Gasteiger partial charge in [0.2, 0.25) is 0 Å². The van der Waals surface area contributed by atoms with Crippen LogP contribution in [-0.2, 0) is 0 Å². The zero-order valence-electron chi connectivity index (χ0n) is 9.85. The number of piperidine rings is 1. The lowest BCUT2D eigenvalue weighted by molar-refractivity contribution is 0.400. The van der Waals surface area contributed by atoms with Gasteiger partial charge in [-0.05, 0) is 49.6 Å². The summed E-state index contributed by atoms with van der Waals surface area (Å²) in [5, 5.41) is 4.39. The van der Waals surface area contributed by atoms with Crippen LogP contribution in [0, 0.1) is 6.92 Å². The van der Waals surface area contributed by atoms with Crippen molar-refractivity contribution in [2.24, 2.45) is 0 Å². The van der Waals surface area contributed by atoms with Crippen LogP contribution in [0.4, 0.5) is 0 Å². The van der Waals surface area contributed by atoms with E-state index in [1.807, 2.05) is 13.0 Å². The van der Waals surface area contributed by atoms with Gasteiger partial charge in [0.15, 0.2) is 0 Å². The van der Waals surface area contributed by atoms with Gasteiger partial charge in [0, 0.05) is 11.1 Å². The van der Waals surface area contributed by atoms with Crippen LogP contribution < -0.4 is 10.1 Å². The second-order valence-electron chi connectivity index (χ2n) is 4.35. The number of ether oxygens (including phenoxy) is 1. The summed E-state index contributed by atoms with van der Waals surface area (Å²) in [6.07, 6.45) is 3.69. The van der Waals surface area contributed by atoms with E-state index in [4.69, 9.17) is 16.3 Å². The maximum Gasteiger partial charge on any atom is 0.119 e. The molecule has 1 N–H and O–H groups in total. The molecule has 1 fully saturated rings. The average molecular weight is 240 g/mol. The summed E-state index contributed by atoms with van der Waals surface area (Å²) in [4.78, 5) is 0. The SMILES string of the molecule is COc1cc(C)c(Cl)c(C2CCCCN2)c1. The Labute approximate surface area is 102 Å².